The average Bonchev–Trinajstić information content (AvgIpc) is 2.70. The number of allylic oxidation sites excluding steroid dienone is 1. The number of halogens is 1. The summed E-state index contributed by atoms with van der Waals surface area (Å²) in [5, 5.41) is 0.609. The highest BCUT2D eigenvalue weighted by Gasteiger charge is 2.37. The molecule has 0 bridgehead atoms. The van der Waals surface area contributed by atoms with Gasteiger partial charge < -0.3 is 9.64 Å². The molecule has 0 aromatic heterocycles. The lowest BCUT2D eigenvalue weighted by molar-refractivity contribution is -0.139. The highest BCUT2D eigenvalue weighted by atomic mass is 35.5. The van der Waals surface area contributed by atoms with Crippen LogP contribution >= 0.6 is 11.6 Å². The number of esters is 1. The highest BCUT2D eigenvalue weighted by molar-refractivity contribution is 6.30. The second kappa shape index (κ2) is 9.31. The Kier molecular flexibility index (Phi) is 6.78. The van der Waals surface area contributed by atoms with Crippen LogP contribution in [0.25, 0.3) is 0 Å². The predicted octanol–water partition coefficient (Wildman–Crippen LogP) is 5.48. The molecule has 0 fully saturated rings. The lowest BCUT2D eigenvalue weighted by Crippen LogP contribution is -2.38. The van der Waals surface area contributed by atoms with E-state index in [1.54, 1.807) is 17.0 Å². The van der Waals surface area contributed by atoms with Crippen LogP contribution in [0, 0.1) is 13.8 Å². The topological polar surface area (TPSA) is 46.6 Å². The van der Waals surface area contributed by atoms with E-state index in [0.717, 1.165) is 22.3 Å². The minimum absolute atomic E-state index is 0.0290. The lowest BCUT2D eigenvalue weighted by Gasteiger charge is -2.35. The molecule has 1 unspecified atom stereocenters. The monoisotopic (exact) mass is 423 g/mol. The van der Waals surface area contributed by atoms with Crippen molar-refractivity contribution in [2.75, 3.05) is 6.61 Å². The molecule has 30 heavy (non-hydrogen) atoms. The maximum atomic E-state index is 13.1. The smallest absolute Gasteiger partial charge is 0.336 e. The van der Waals surface area contributed by atoms with Crippen LogP contribution in [0.2, 0.25) is 5.02 Å². The molecule has 1 amide bonds. The van der Waals surface area contributed by atoms with E-state index in [-0.39, 0.29) is 24.9 Å². The Balaban J connectivity index is 2.07. The third kappa shape index (κ3) is 4.65. The van der Waals surface area contributed by atoms with Gasteiger partial charge in [-0.2, -0.15) is 0 Å². The van der Waals surface area contributed by atoms with Crippen LogP contribution in [-0.2, 0) is 20.9 Å². The predicted molar refractivity (Wildman–Crippen MR) is 119 cm³/mol. The number of carbonyl (C=O) groups excluding carboxylic acids is 2. The van der Waals surface area contributed by atoms with Gasteiger partial charge in [0.15, 0.2) is 0 Å². The Bertz CT molecular complexity index is 1020. The van der Waals surface area contributed by atoms with Gasteiger partial charge in [0.05, 0.1) is 12.1 Å². The summed E-state index contributed by atoms with van der Waals surface area (Å²) in [6, 6.07) is 13.5. The van der Waals surface area contributed by atoms with Gasteiger partial charge >= 0.3 is 5.97 Å². The summed E-state index contributed by atoms with van der Waals surface area (Å²) in [6.07, 6.45) is 1.75. The van der Waals surface area contributed by atoms with Crippen LogP contribution in [0.4, 0.5) is 0 Å². The van der Waals surface area contributed by atoms with Crippen LogP contribution in [0.3, 0.4) is 0 Å². The zero-order chi connectivity index (χ0) is 21.8. The van der Waals surface area contributed by atoms with Gasteiger partial charge in [-0.3, -0.25) is 4.79 Å². The van der Waals surface area contributed by atoms with Crippen molar-refractivity contribution in [2.45, 2.75) is 39.7 Å². The molecule has 5 heteroatoms. The van der Waals surface area contributed by atoms with Crippen LogP contribution < -0.4 is 0 Å². The van der Waals surface area contributed by atoms with E-state index in [1.165, 1.54) is 0 Å². The molecule has 1 heterocycles. The zero-order valence-electron chi connectivity index (χ0n) is 17.6. The molecule has 0 aliphatic carbocycles. The normalized spacial score (nSPS) is 16.6. The zero-order valence-corrected chi connectivity index (χ0v) is 18.3. The molecule has 0 saturated carbocycles. The fraction of sp³-hybridized carbons (Fsp3) is 0.280. The number of rotatable bonds is 6. The van der Waals surface area contributed by atoms with Crippen LogP contribution in [0.5, 0.6) is 0 Å². The SMILES string of the molecule is C=CCOC(=O)C1=C(C)N(Cc2cccc(Cl)c2)C(=O)CC1c1cc(C)ccc1C. The Hall–Kier alpha value is -2.85. The first-order valence-corrected chi connectivity index (χ1v) is 10.3. The third-order valence-electron chi connectivity index (χ3n) is 5.41. The minimum atomic E-state index is -0.415. The number of benzene rings is 2. The number of carbonyl (C=O) groups is 2. The van der Waals surface area contributed by atoms with Gasteiger partial charge in [-0.15, -0.1) is 0 Å². The van der Waals surface area contributed by atoms with E-state index in [0.29, 0.717) is 22.8 Å². The molecule has 2 aromatic carbocycles. The average molecular weight is 424 g/mol. The van der Waals surface area contributed by atoms with Crippen LogP contribution in [-0.4, -0.2) is 23.4 Å². The summed E-state index contributed by atoms with van der Waals surface area (Å²) >= 11 is 6.11. The quantitative estimate of drug-likeness (QED) is 0.456. The summed E-state index contributed by atoms with van der Waals surface area (Å²) < 4.78 is 5.40. The molecule has 1 aliphatic rings. The summed E-state index contributed by atoms with van der Waals surface area (Å²) in [5.74, 6) is -0.786. The molecule has 0 spiro atoms. The molecular weight excluding hydrogens is 398 g/mol. The van der Waals surface area contributed by atoms with Gasteiger partial charge in [-0.05, 0) is 49.6 Å². The first-order chi connectivity index (χ1) is 14.3. The highest BCUT2D eigenvalue weighted by Crippen LogP contribution is 2.39. The first kappa shape index (κ1) is 21.8. The Morgan fingerprint density at radius 1 is 1.23 bits per heavy atom. The Morgan fingerprint density at radius 3 is 2.70 bits per heavy atom. The molecular formula is C25H26ClNO3. The van der Waals surface area contributed by atoms with Crippen molar-refractivity contribution in [1.82, 2.24) is 4.90 Å². The van der Waals surface area contributed by atoms with E-state index < -0.39 is 5.97 Å². The van der Waals surface area contributed by atoms with Crippen molar-refractivity contribution in [2.24, 2.45) is 0 Å². The first-order valence-electron chi connectivity index (χ1n) is 9.92. The molecule has 3 rings (SSSR count). The third-order valence-corrected chi connectivity index (χ3v) is 5.65. The molecule has 0 radical (unpaired) electrons. The van der Waals surface area contributed by atoms with Crippen molar-refractivity contribution in [3.8, 4) is 0 Å². The fourth-order valence-electron chi connectivity index (χ4n) is 3.90. The second-order valence-electron chi connectivity index (χ2n) is 7.61. The largest absolute Gasteiger partial charge is 0.458 e. The van der Waals surface area contributed by atoms with Gasteiger partial charge in [-0.25, -0.2) is 4.79 Å². The van der Waals surface area contributed by atoms with Crippen molar-refractivity contribution in [1.29, 1.82) is 0 Å². The lowest BCUT2D eigenvalue weighted by atomic mass is 9.81. The summed E-state index contributed by atoms with van der Waals surface area (Å²) in [6.45, 7) is 9.91. The molecule has 4 nitrogen and oxygen atoms in total. The standard InChI is InChI=1S/C25H26ClNO3/c1-5-11-30-25(29)24-18(4)27(15-19-7-6-8-20(26)13-19)23(28)14-22(24)21-12-16(2)9-10-17(21)3/h5-10,12-13,22H,1,11,14-15H2,2-4H3. The summed E-state index contributed by atoms with van der Waals surface area (Å²) in [4.78, 5) is 27.8. The number of hydrogen-bond donors (Lipinski definition) is 0. The van der Waals surface area contributed by atoms with Gasteiger partial charge in [0, 0.05) is 23.1 Å². The fourth-order valence-corrected chi connectivity index (χ4v) is 4.11. The van der Waals surface area contributed by atoms with E-state index in [9.17, 15) is 9.59 Å². The molecule has 1 atom stereocenters. The van der Waals surface area contributed by atoms with Crippen molar-refractivity contribution in [3.63, 3.8) is 0 Å². The van der Waals surface area contributed by atoms with Crippen molar-refractivity contribution in [3.05, 3.63) is 93.7 Å². The summed E-state index contributed by atoms with van der Waals surface area (Å²) in [7, 11) is 0. The van der Waals surface area contributed by atoms with Gasteiger partial charge in [-0.1, -0.05) is 60.2 Å². The number of amides is 1. The van der Waals surface area contributed by atoms with E-state index in [1.807, 2.05) is 57.2 Å². The maximum Gasteiger partial charge on any atom is 0.336 e. The number of hydrogen-bond acceptors (Lipinski definition) is 3. The van der Waals surface area contributed by atoms with Crippen molar-refractivity contribution >= 4 is 23.5 Å². The number of ether oxygens (including phenoxy) is 1. The van der Waals surface area contributed by atoms with Gasteiger partial charge in [0.1, 0.15) is 6.61 Å². The van der Waals surface area contributed by atoms with Crippen LogP contribution in [0.15, 0.2) is 66.4 Å². The molecule has 0 saturated heterocycles. The van der Waals surface area contributed by atoms with Gasteiger partial charge in [0.25, 0.3) is 0 Å². The van der Waals surface area contributed by atoms with Gasteiger partial charge in [0.2, 0.25) is 5.91 Å². The van der Waals surface area contributed by atoms with E-state index >= 15 is 0 Å². The number of aryl methyl sites for hydroxylation is 2. The maximum absolute atomic E-state index is 13.1. The van der Waals surface area contributed by atoms with E-state index in [2.05, 4.69) is 6.58 Å². The molecule has 0 N–H and O–H groups in total. The molecule has 156 valence electrons. The minimum Gasteiger partial charge on any atom is -0.458 e. The van der Waals surface area contributed by atoms with E-state index in [4.69, 9.17) is 16.3 Å². The van der Waals surface area contributed by atoms with Crippen LogP contribution in [0.1, 0.15) is 41.5 Å². The van der Waals surface area contributed by atoms with Crippen molar-refractivity contribution < 1.29 is 14.3 Å². The summed E-state index contributed by atoms with van der Waals surface area (Å²) in [5.41, 5.74) is 5.15. The molecule has 2 aromatic rings. The molecule has 1 aliphatic heterocycles. The Labute approximate surface area is 182 Å². The number of nitrogens with zero attached hydrogens (tertiary/aromatic N) is 1. The second-order valence-corrected chi connectivity index (χ2v) is 8.05. The Morgan fingerprint density at radius 2 is 2.00 bits per heavy atom.